The van der Waals surface area contributed by atoms with E-state index in [0.717, 1.165) is 43.2 Å². The fourth-order valence-electron chi connectivity index (χ4n) is 2.44. The van der Waals surface area contributed by atoms with Gasteiger partial charge in [0.15, 0.2) is 0 Å². The molecule has 0 spiro atoms. The van der Waals surface area contributed by atoms with Crippen molar-refractivity contribution in [3.63, 3.8) is 0 Å². The molecular formula is C18H19FN2OS2. The quantitative estimate of drug-likeness (QED) is 0.442. The molecule has 0 unspecified atom stereocenters. The van der Waals surface area contributed by atoms with Crippen LogP contribution < -0.4 is 0 Å². The number of carbonyl (C=O) groups is 1. The van der Waals surface area contributed by atoms with E-state index in [1.54, 1.807) is 22.9 Å². The van der Waals surface area contributed by atoms with Crippen molar-refractivity contribution in [1.82, 2.24) is 9.21 Å². The Kier molecular flexibility index (Phi) is 6.18. The fraction of sp³-hybridized carbons (Fsp3) is 0.278. The monoisotopic (exact) mass is 362 g/mol. The van der Waals surface area contributed by atoms with Gasteiger partial charge in [0.2, 0.25) is 6.41 Å². The first kappa shape index (κ1) is 17.3. The van der Waals surface area contributed by atoms with Crippen molar-refractivity contribution in [2.24, 2.45) is 0 Å². The zero-order valence-corrected chi connectivity index (χ0v) is 14.9. The highest BCUT2D eigenvalue weighted by Gasteiger charge is 2.17. The second-order valence-electron chi connectivity index (χ2n) is 5.53. The standard InChI is InChI=1S/C18H19FN2OS2/c19-17-12-16(24-21-10-8-20(14-22)9-11-21)6-7-18(17)23-13-15-4-2-1-3-5-15/h1-7,12,14H,8-11,13H2. The van der Waals surface area contributed by atoms with E-state index in [4.69, 9.17) is 0 Å². The van der Waals surface area contributed by atoms with Gasteiger partial charge in [-0.15, -0.1) is 11.8 Å². The number of amides is 1. The van der Waals surface area contributed by atoms with Gasteiger partial charge in [0.05, 0.1) is 0 Å². The summed E-state index contributed by atoms with van der Waals surface area (Å²) in [6, 6.07) is 15.5. The highest BCUT2D eigenvalue weighted by Crippen LogP contribution is 2.30. The van der Waals surface area contributed by atoms with Crippen molar-refractivity contribution >= 4 is 30.1 Å². The topological polar surface area (TPSA) is 23.6 Å². The fourth-order valence-corrected chi connectivity index (χ4v) is 4.24. The van der Waals surface area contributed by atoms with Crippen LogP contribution in [-0.4, -0.2) is 41.8 Å². The molecule has 126 valence electrons. The van der Waals surface area contributed by atoms with E-state index >= 15 is 0 Å². The van der Waals surface area contributed by atoms with Gasteiger partial charge in [0.25, 0.3) is 0 Å². The molecule has 0 saturated carbocycles. The van der Waals surface area contributed by atoms with E-state index in [-0.39, 0.29) is 5.82 Å². The largest absolute Gasteiger partial charge is 0.343 e. The average Bonchev–Trinajstić information content (AvgIpc) is 2.62. The lowest BCUT2D eigenvalue weighted by molar-refractivity contribution is -0.119. The highest BCUT2D eigenvalue weighted by atomic mass is 32.2. The predicted molar refractivity (Wildman–Crippen MR) is 97.5 cm³/mol. The lowest BCUT2D eigenvalue weighted by atomic mass is 10.2. The van der Waals surface area contributed by atoms with Crippen LogP contribution in [0.3, 0.4) is 0 Å². The first-order chi connectivity index (χ1) is 11.7. The van der Waals surface area contributed by atoms with Gasteiger partial charge < -0.3 is 4.90 Å². The van der Waals surface area contributed by atoms with Gasteiger partial charge in [-0.05, 0) is 35.7 Å². The molecule has 3 rings (SSSR count). The Labute approximate surface area is 150 Å². The molecule has 1 aliphatic rings. The molecule has 3 nitrogen and oxygen atoms in total. The molecule has 0 aromatic heterocycles. The Bertz CT molecular complexity index is 676. The second-order valence-corrected chi connectivity index (χ2v) is 7.72. The summed E-state index contributed by atoms with van der Waals surface area (Å²) < 4.78 is 16.5. The van der Waals surface area contributed by atoms with Crippen molar-refractivity contribution in [3.05, 3.63) is 59.9 Å². The molecule has 0 radical (unpaired) electrons. The minimum absolute atomic E-state index is 0.174. The Hall–Kier alpha value is -1.50. The van der Waals surface area contributed by atoms with Gasteiger partial charge in [0, 0.05) is 41.7 Å². The summed E-state index contributed by atoms with van der Waals surface area (Å²) in [4.78, 5) is 14.1. The van der Waals surface area contributed by atoms with Crippen LogP contribution in [-0.2, 0) is 10.5 Å². The first-order valence-corrected chi connectivity index (χ1v) is 9.59. The molecule has 0 bridgehead atoms. The van der Waals surface area contributed by atoms with E-state index in [2.05, 4.69) is 4.31 Å². The van der Waals surface area contributed by atoms with Crippen molar-refractivity contribution in [2.45, 2.75) is 15.5 Å². The minimum atomic E-state index is -0.174. The van der Waals surface area contributed by atoms with E-state index in [1.165, 1.54) is 17.3 Å². The van der Waals surface area contributed by atoms with Gasteiger partial charge in [-0.25, -0.2) is 8.70 Å². The summed E-state index contributed by atoms with van der Waals surface area (Å²) in [6.07, 6.45) is 0.889. The van der Waals surface area contributed by atoms with E-state index < -0.39 is 0 Å². The Morgan fingerprint density at radius 3 is 2.46 bits per heavy atom. The number of hydrogen-bond donors (Lipinski definition) is 0. The number of hydrogen-bond acceptors (Lipinski definition) is 4. The van der Waals surface area contributed by atoms with Gasteiger partial charge >= 0.3 is 0 Å². The highest BCUT2D eigenvalue weighted by molar-refractivity contribution is 7.98. The van der Waals surface area contributed by atoms with Crippen LogP contribution in [0.15, 0.2) is 58.3 Å². The molecule has 0 aliphatic carbocycles. The average molecular weight is 362 g/mol. The number of nitrogens with zero attached hydrogens (tertiary/aromatic N) is 2. The number of carbonyl (C=O) groups excluding carboxylic acids is 1. The molecule has 1 amide bonds. The van der Waals surface area contributed by atoms with Gasteiger partial charge in [0.1, 0.15) is 5.82 Å². The van der Waals surface area contributed by atoms with Crippen LogP contribution in [0.4, 0.5) is 4.39 Å². The van der Waals surface area contributed by atoms with E-state index in [0.29, 0.717) is 4.90 Å². The molecule has 1 fully saturated rings. The summed E-state index contributed by atoms with van der Waals surface area (Å²) in [5.74, 6) is 0.588. The molecule has 1 heterocycles. The van der Waals surface area contributed by atoms with Crippen LogP contribution in [0.1, 0.15) is 5.56 Å². The van der Waals surface area contributed by atoms with Crippen molar-refractivity contribution in [3.8, 4) is 0 Å². The molecule has 24 heavy (non-hydrogen) atoms. The molecule has 6 heteroatoms. The summed E-state index contributed by atoms with van der Waals surface area (Å²) >= 11 is 3.07. The Morgan fingerprint density at radius 2 is 1.79 bits per heavy atom. The maximum atomic E-state index is 14.3. The summed E-state index contributed by atoms with van der Waals surface area (Å²) in [5.41, 5.74) is 1.19. The lowest BCUT2D eigenvalue weighted by Crippen LogP contribution is -2.42. The lowest BCUT2D eigenvalue weighted by Gasteiger charge is -2.31. The molecular weight excluding hydrogens is 343 g/mol. The maximum absolute atomic E-state index is 14.3. The van der Waals surface area contributed by atoms with E-state index in [9.17, 15) is 9.18 Å². The number of piperazine rings is 1. The van der Waals surface area contributed by atoms with Crippen LogP contribution in [0.25, 0.3) is 0 Å². The molecule has 2 aromatic carbocycles. The molecule has 1 saturated heterocycles. The van der Waals surface area contributed by atoms with Crippen LogP contribution in [0, 0.1) is 5.82 Å². The SMILES string of the molecule is O=CN1CCN(Sc2ccc(SCc3ccccc3)c(F)c2)CC1. The summed E-state index contributed by atoms with van der Waals surface area (Å²) in [6.45, 7) is 3.05. The van der Waals surface area contributed by atoms with Gasteiger partial charge in [-0.1, -0.05) is 30.3 Å². The predicted octanol–water partition coefficient (Wildman–Crippen LogP) is 3.90. The van der Waals surface area contributed by atoms with Gasteiger partial charge in [-0.3, -0.25) is 4.79 Å². The Balaban J connectivity index is 1.55. The molecule has 0 N–H and O–H groups in total. The van der Waals surface area contributed by atoms with Crippen molar-refractivity contribution in [1.29, 1.82) is 0 Å². The summed E-state index contributed by atoms with van der Waals surface area (Å²) in [7, 11) is 0. The zero-order valence-electron chi connectivity index (χ0n) is 13.2. The second kappa shape index (κ2) is 8.55. The maximum Gasteiger partial charge on any atom is 0.209 e. The minimum Gasteiger partial charge on any atom is -0.343 e. The molecule has 0 atom stereocenters. The third-order valence-electron chi connectivity index (χ3n) is 3.80. The molecule has 2 aromatic rings. The van der Waals surface area contributed by atoms with Crippen LogP contribution in [0.5, 0.6) is 0 Å². The third-order valence-corrected chi connectivity index (χ3v) is 6.01. The molecule has 1 aliphatic heterocycles. The van der Waals surface area contributed by atoms with Crippen LogP contribution >= 0.6 is 23.7 Å². The first-order valence-electron chi connectivity index (χ1n) is 7.83. The van der Waals surface area contributed by atoms with Crippen molar-refractivity contribution in [2.75, 3.05) is 26.2 Å². The number of rotatable bonds is 6. The number of thioether (sulfide) groups is 1. The normalized spacial score (nSPS) is 15.5. The number of benzene rings is 2. The van der Waals surface area contributed by atoms with E-state index in [1.807, 2.05) is 42.5 Å². The zero-order chi connectivity index (χ0) is 16.8. The van der Waals surface area contributed by atoms with Gasteiger partial charge in [-0.2, -0.15) is 0 Å². The number of halogens is 1. The van der Waals surface area contributed by atoms with Crippen LogP contribution in [0.2, 0.25) is 0 Å². The Morgan fingerprint density at radius 1 is 1.04 bits per heavy atom. The smallest absolute Gasteiger partial charge is 0.209 e. The van der Waals surface area contributed by atoms with Crippen molar-refractivity contribution < 1.29 is 9.18 Å². The third kappa shape index (κ3) is 4.75. The summed E-state index contributed by atoms with van der Waals surface area (Å²) in [5, 5.41) is 0.